The SMILES string of the molecule is CCCCCCCN(C(=O)C(CS)NC(=O)OC(C)(C)C)C(C(=O)Nc1ccc2ccccc2c1)c1ccc(C)cc1C. The van der Waals surface area contributed by atoms with Crippen LogP contribution < -0.4 is 10.6 Å². The summed E-state index contributed by atoms with van der Waals surface area (Å²) in [5.74, 6) is -0.648. The first-order valence-corrected chi connectivity index (χ1v) is 15.8. The minimum atomic E-state index is -0.976. The normalized spacial score (nSPS) is 12.8. The van der Waals surface area contributed by atoms with E-state index < -0.39 is 23.8 Å². The molecule has 2 atom stereocenters. The van der Waals surface area contributed by atoms with Gasteiger partial charge in [0, 0.05) is 18.0 Å². The summed E-state index contributed by atoms with van der Waals surface area (Å²) in [4.78, 5) is 42.8. The van der Waals surface area contributed by atoms with E-state index in [1.807, 2.05) is 74.5 Å². The van der Waals surface area contributed by atoms with Crippen molar-refractivity contribution >= 4 is 47.0 Å². The van der Waals surface area contributed by atoms with Crippen molar-refractivity contribution in [1.29, 1.82) is 0 Å². The molecule has 43 heavy (non-hydrogen) atoms. The fraction of sp³-hybridized carbons (Fsp3) is 0.457. The molecule has 0 saturated heterocycles. The molecule has 0 heterocycles. The van der Waals surface area contributed by atoms with Crippen LogP contribution >= 0.6 is 12.6 Å². The summed E-state index contributed by atoms with van der Waals surface area (Å²) < 4.78 is 5.43. The predicted molar refractivity (Wildman–Crippen MR) is 179 cm³/mol. The lowest BCUT2D eigenvalue weighted by Gasteiger charge is -2.35. The largest absolute Gasteiger partial charge is 0.444 e. The van der Waals surface area contributed by atoms with E-state index in [1.165, 1.54) is 0 Å². The zero-order chi connectivity index (χ0) is 31.6. The van der Waals surface area contributed by atoms with Gasteiger partial charge < -0.3 is 20.3 Å². The quantitative estimate of drug-likeness (QED) is 0.137. The molecule has 2 unspecified atom stereocenters. The molecular weight excluding hydrogens is 558 g/mol. The molecule has 0 aromatic heterocycles. The number of alkyl carbamates (subject to hydrolysis) is 1. The summed E-state index contributed by atoms with van der Waals surface area (Å²) in [6.07, 6.45) is 4.20. The highest BCUT2D eigenvalue weighted by molar-refractivity contribution is 7.80. The van der Waals surface area contributed by atoms with Crippen LogP contribution in [0.1, 0.15) is 82.5 Å². The van der Waals surface area contributed by atoms with Gasteiger partial charge in [0.25, 0.3) is 5.91 Å². The monoisotopic (exact) mass is 605 g/mol. The molecule has 0 radical (unpaired) electrons. The van der Waals surface area contributed by atoms with Gasteiger partial charge in [0.15, 0.2) is 0 Å². The molecule has 7 nitrogen and oxygen atoms in total. The Morgan fingerprint density at radius 2 is 1.60 bits per heavy atom. The van der Waals surface area contributed by atoms with Gasteiger partial charge in [0.1, 0.15) is 17.7 Å². The second-order valence-electron chi connectivity index (χ2n) is 12.1. The van der Waals surface area contributed by atoms with Gasteiger partial charge in [-0.15, -0.1) is 0 Å². The first kappa shape index (κ1) is 34.0. The number of anilines is 1. The Kier molecular flexibility index (Phi) is 12.5. The number of hydrogen-bond donors (Lipinski definition) is 3. The van der Waals surface area contributed by atoms with Crippen molar-refractivity contribution in [3.8, 4) is 0 Å². The topological polar surface area (TPSA) is 87.7 Å². The van der Waals surface area contributed by atoms with Crippen molar-refractivity contribution in [2.24, 2.45) is 0 Å². The van der Waals surface area contributed by atoms with E-state index in [4.69, 9.17) is 4.74 Å². The molecule has 3 amide bonds. The lowest BCUT2D eigenvalue weighted by Crippen LogP contribution is -2.53. The number of aryl methyl sites for hydroxylation is 2. The number of rotatable bonds is 13. The van der Waals surface area contributed by atoms with Crippen LogP contribution in [0.3, 0.4) is 0 Å². The van der Waals surface area contributed by atoms with Gasteiger partial charge in [0.05, 0.1) is 0 Å². The maximum atomic E-state index is 14.3. The molecule has 0 fully saturated rings. The third-order valence-electron chi connectivity index (χ3n) is 7.25. The summed E-state index contributed by atoms with van der Waals surface area (Å²) in [5, 5.41) is 7.85. The molecule has 232 valence electrons. The van der Waals surface area contributed by atoms with Crippen LogP contribution in [0.4, 0.5) is 10.5 Å². The number of ether oxygens (including phenoxy) is 1. The third-order valence-corrected chi connectivity index (χ3v) is 7.62. The van der Waals surface area contributed by atoms with E-state index >= 15 is 0 Å². The molecule has 3 aromatic rings. The molecule has 3 rings (SSSR count). The second kappa shape index (κ2) is 15.8. The molecule has 0 aliphatic rings. The zero-order valence-electron chi connectivity index (χ0n) is 26.4. The van der Waals surface area contributed by atoms with E-state index in [9.17, 15) is 14.4 Å². The number of amides is 3. The highest BCUT2D eigenvalue weighted by atomic mass is 32.1. The van der Waals surface area contributed by atoms with Crippen molar-refractivity contribution in [1.82, 2.24) is 10.2 Å². The van der Waals surface area contributed by atoms with E-state index in [0.717, 1.165) is 59.6 Å². The molecule has 0 spiro atoms. The highest BCUT2D eigenvalue weighted by Gasteiger charge is 2.36. The van der Waals surface area contributed by atoms with Crippen LogP contribution in [-0.4, -0.2) is 46.7 Å². The van der Waals surface area contributed by atoms with Gasteiger partial charge in [-0.05, 0) is 75.1 Å². The number of thiol groups is 1. The Bertz CT molecular complexity index is 1400. The Hall–Kier alpha value is -3.52. The van der Waals surface area contributed by atoms with Crippen LogP contribution in [0.15, 0.2) is 60.7 Å². The number of nitrogens with one attached hydrogen (secondary N) is 2. The predicted octanol–water partition coefficient (Wildman–Crippen LogP) is 7.76. The summed E-state index contributed by atoms with van der Waals surface area (Å²) in [6.45, 7) is 11.8. The van der Waals surface area contributed by atoms with Crippen LogP contribution in [0.2, 0.25) is 0 Å². The fourth-order valence-corrected chi connectivity index (χ4v) is 5.40. The molecular formula is C35H47N3O4S. The van der Waals surface area contributed by atoms with E-state index in [2.05, 4.69) is 30.2 Å². The van der Waals surface area contributed by atoms with Gasteiger partial charge >= 0.3 is 6.09 Å². The van der Waals surface area contributed by atoms with Gasteiger partial charge in [-0.25, -0.2) is 4.79 Å². The van der Waals surface area contributed by atoms with Crippen molar-refractivity contribution < 1.29 is 19.1 Å². The molecule has 2 N–H and O–H groups in total. The minimum Gasteiger partial charge on any atom is -0.444 e. The molecule has 0 saturated carbocycles. The van der Waals surface area contributed by atoms with E-state index in [-0.39, 0.29) is 17.6 Å². The van der Waals surface area contributed by atoms with E-state index in [1.54, 1.807) is 25.7 Å². The highest BCUT2D eigenvalue weighted by Crippen LogP contribution is 2.29. The standard InChI is InChI=1S/C35H47N3O4S/c1-7-8-9-10-13-20-38(33(40)30(23-43)37-34(41)42-35(4,5)6)31(29-19-16-24(2)21-25(29)3)32(39)36-28-18-17-26-14-11-12-15-27(26)22-28/h11-12,14-19,21-22,30-31,43H,7-10,13,20,23H2,1-6H3,(H,36,39)(H,37,41). The van der Waals surface area contributed by atoms with Crippen molar-refractivity contribution in [2.75, 3.05) is 17.6 Å². The van der Waals surface area contributed by atoms with Crippen LogP contribution in [0.25, 0.3) is 10.8 Å². The number of nitrogens with zero attached hydrogens (tertiary/aromatic N) is 1. The Morgan fingerprint density at radius 1 is 0.907 bits per heavy atom. The smallest absolute Gasteiger partial charge is 0.408 e. The average molecular weight is 606 g/mol. The van der Waals surface area contributed by atoms with Gasteiger partial charge in [-0.1, -0.05) is 86.7 Å². The maximum Gasteiger partial charge on any atom is 0.408 e. The van der Waals surface area contributed by atoms with Crippen molar-refractivity contribution in [2.45, 2.75) is 91.3 Å². The summed E-state index contributed by atoms with van der Waals surface area (Å²) in [5.41, 5.74) is 2.62. The number of carbonyl (C=O) groups is 3. The first-order valence-electron chi connectivity index (χ1n) is 15.2. The number of hydrogen-bond acceptors (Lipinski definition) is 5. The Morgan fingerprint density at radius 3 is 2.26 bits per heavy atom. The number of benzene rings is 3. The molecule has 8 heteroatoms. The van der Waals surface area contributed by atoms with E-state index in [0.29, 0.717) is 12.2 Å². The molecule has 3 aromatic carbocycles. The Labute approximate surface area is 262 Å². The van der Waals surface area contributed by atoms with Crippen LogP contribution in [0.5, 0.6) is 0 Å². The summed E-state index contributed by atoms with van der Waals surface area (Å²) >= 11 is 4.41. The van der Waals surface area contributed by atoms with Gasteiger partial charge in [0.2, 0.25) is 5.91 Å². The van der Waals surface area contributed by atoms with Crippen LogP contribution in [-0.2, 0) is 14.3 Å². The molecule has 0 bridgehead atoms. The lowest BCUT2D eigenvalue weighted by molar-refractivity contribution is -0.140. The van der Waals surface area contributed by atoms with Gasteiger partial charge in [-0.2, -0.15) is 12.6 Å². The maximum absolute atomic E-state index is 14.3. The third kappa shape index (κ3) is 10.0. The fourth-order valence-electron chi connectivity index (χ4n) is 5.15. The summed E-state index contributed by atoms with van der Waals surface area (Å²) in [6, 6.07) is 17.7. The van der Waals surface area contributed by atoms with Crippen molar-refractivity contribution in [3.63, 3.8) is 0 Å². The minimum absolute atomic E-state index is 0.0519. The first-order chi connectivity index (χ1) is 20.4. The zero-order valence-corrected chi connectivity index (χ0v) is 27.3. The lowest BCUT2D eigenvalue weighted by atomic mass is 9.96. The van der Waals surface area contributed by atoms with Crippen molar-refractivity contribution in [3.05, 3.63) is 77.4 Å². The van der Waals surface area contributed by atoms with Gasteiger partial charge in [-0.3, -0.25) is 9.59 Å². The number of fused-ring (bicyclic) bond motifs is 1. The molecule has 0 aliphatic carbocycles. The second-order valence-corrected chi connectivity index (χ2v) is 12.5. The summed E-state index contributed by atoms with van der Waals surface area (Å²) in [7, 11) is 0. The molecule has 0 aliphatic heterocycles. The average Bonchev–Trinajstić information content (AvgIpc) is 2.94. The van der Waals surface area contributed by atoms with Crippen LogP contribution in [0, 0.1) is 13.8 Å². The Balaban J connectivity index is 2.02. The number of unbranched alkanes of at least 4 members (excludes halogenated alkanes) is 4. The number of carbonyl (C=O) groups excluding carboxylic acids is 3.